The third-order valence-electron chi connectivity index (χ3n) is 7.47. The average Bonchev–Trinajstić information content (AvgIpc) is 2.96. The first-order valence-corrected chi connectivity index (χ1v) is 13.2. The molecule has 3 heterocycles. The second kappa shape index (κ2) is 14.6. The molecule has 3 fully saturated rings. The molecular formula is C23H39NO19. The van der Waals surface area contributed by atoms with Crippen LogP contribution >= 0.6 is 0 Å². The lowest BCUT2D eigenvalue weighted by atomic mass is 9.88. The van der Waals surface area contributed by atoms with Crippen LogP contribution in [0.1, 0.15) is 13.3 Å². The molecule has 0 saturated carbocycles. The molecule has 20 nitrogen and oxygen atoms in total. The first-order chi connectivity index (χ1) is 20.1. The molecule has 250 valence electrons. The number of aliphatic carboxylic acids is 1. The summed E-state index contributed by atoms with van der Waals surface area (Å²) >= 11 is 0. The van der Waals surface area contributed by atoms with Crippen molar-refractivity contribution in [3.63, 3.8) is 0 Å². The van der Waals surface area contributed by atoms with Crippen LogP contribution in [0.25, 0.3) is 0 Å². The van der Waals surface area contributed by atoms with Crippen molar-refractivity contribution in [1.82, 2.24) is 5.32 Å². The van der Waals surface area contributed by atoms with E-state index in [0.717, 1.165) is 6.92 Å². The summed E-state index contributed by atoms with van der Waals surface area (Å²) in [4.78, 5) is 24.0. The van der Waals surface area contributed by atoms with Crippen LogP contribution in [0.2, 0.25) is 0 Å². The fourth-order valence-electron chi connectivity index (χ4n) is 5.05. The zero-order valence-electron chi connectivity index (χ0n) is 22.7. The Balaban J connectivity index is 1.82. The highest BCUT2D eigenvalue weighted by Gasteiger charge is 2.57. The Kier molecular flexibility index (Phi) is 12.1. The molecule has 0 spiro atoms. The predicted molar refractivity (Wildman–Crippen MR) is 130 cm³/mol. The quantitative estimate of drug-likeness (QED) is 0.100. The van der Waals surface area contributed by atoms with Gasteiger partial charge in [0.15, 0.2) is 12.6 Å². The number of carbonyl (C=O) groups is 2. The fraction of sp³-hybridized carbons (Fsp3) is 0.913. The van der Waals surface area contributed by atoms with Gasteiger partial charge in [-0.15, -0.1) is 0 Å². The van der Waals surface area contributed by atoms with E-state index in [1.54, 1.807) is 0 Å². The van der Waals surface area contributed by atoms with Crippen LogP contribution in [-0.2, 0) is 33.3 Å². The summed E-state index contributed by atoms with van der Waals surface area (Å²) in [6.45, 7) is -1.76. The summed E-state index contributed by atoms with van der Waals surface area (Å²) in [5.74, 6) is -5.42. The van der Waals surface area contributed by atoms with Gasteiger partial charge in [-0.2, -0.15) is 0 Å². The molecular weight excluding hydrogens is 594 g/mol. The number of hydrogen-bond acceptors (Lipinski definition) is 18. The number of amides is 1. The van der Waals surface area contributed by atoms with Gasteiger partial charge in [0.25, 0.3) is 5.79 Å². The maximum atomic E-state index is 12.3. The van der Waals surface area contributed by atoms with E-state index < -0.39 is 136 Å². The van der Waals surface area contributed by atoms with Gasteiger partial charge in [0.2, 0.25) is 5.91 Å². The highest BCUT2D eigenvalue weighted by atomic mass is 16.8. The van der Waals surface area contributed by atoms with E-state index in [-0.39, 0.29) is 0 Å². The Morgan fingerprint density at radius 1 is 0.930 bits per heavy atom. The molecule has 1 amide bonds. The zero-order valence-corrected chi connectivity index (χ0v) is 22.7. The van der Waals surface area contributed by atoms with Crippen LogP contribution in [-0.4, -0.2) is 191 Å². The van der Waals surface area contributed by atoms with Gasteiger partial charge in [-0.3, -0.25) is 4.79 Å². The molecule has 0 aliphatic carbocycles. The van der Waals surface area contributed by atoms with E-state index in [2.05, 4.69) is 5.32 Å². The molecule has 16 atom stereocenters. The van der Waals surface area contributed by atoms with Gasteiger partial charge in [0.1, 0.15) is 67.1 Å². The first-order valence-electron chi connectivity index (χ1n) is 13.2. The van der Waals surface area contributed by atoms with E-state index in [0.29, 0.717) is 0 Å². The molecule has 0 bridgehead atoms. The molecule has 13 N–H and O–H groups in total. The van der Waals surface area contributed by atoms with Gasteiger partial charge < -0.3 is 90.3 Å². The van der Waals surface area contributed by atoms with Crippen molar-refractivity contribution in [2.45, 2.75) is 111 Å². The van der Waals surface area contributed by atoms with E-state index >= 15 is 0 Å². The Hall–Kier alpha value is -1.70. The number of ether oxygens (including phenoxy) is 5. The van der Waals surface area contributed by atoms with E-state index in [9.17, 15) is 70.9 Å². The predicted octanol–water partition coefficient (Wildman–Crippen LogP) is -8.22. The summed E-state index contributed by atoms with van der Waals surface area (Å²) in [5, 5.41) is 123. The maximum absolute atomic E-state index is 12.3. The smallest absolute Gasteiger partial charge is 0.364 e. The van der Waals surface area contributed by atoms with Gasteiger partial charge in [0, 0.05) is 13.3 Å². The van der Waals surface area contributed by atoms with Crippen LogP contribution in [0, 0.1) is 0 Å². The van der Waals surface area contributed by atoms with Crippen LogP contribution in [0.4, 0.5) is 0 Å². The van der Waals surface area contributed by atoms with Crippen molar-refractivity contribution < 1.29 is 94.6 Å². The van der Waals surface area contributed by atoms with Crippen molar-refractivity contribution in [1.29, 1.82) is 0 Å². The number of carboxylic acid groups (broad SMARTS) is 1. The van der Waals surface area contributed by atoms with Crippen molar-refractivity contribution in [2.75, 3.05) is 19.8 Å². The number of carboxylic acids is 1. The standard InChI is InChI=1S/C23H39NO19/c1-6(27)24-11-7(28)2-23(22(37)38,43-19(11)12(30)8(29)3-25)39-5-10-13(31)14(32)17(35)21(41-10)42-18-9(4-26)40-20(36)16(34)15(18)33/h7-21,25-26,28-36H,2-5H2,1H3,(H,24,27)(H,37,38)/t7-,8+,9+,10+,11+,12+,13-,14-,15+,16+,17+,18+,19+,20+,21-,23-/m0/s1. The summed E-state index contributed by atoms with van der Waals surface area (Å²) in [6, 6.07) is -1.48. The molecule has 0 aromatic rings. The second-order valence-corrected chi connectivity index (χ2v) is 10.5. The summed E-state index contributed by atoms with van der Waals surface area (Å²) in [6.07, 6.45) is -27.0. The Morgan fingerprint density at radius 2 is 1.58 bits per heavy atom. The van der Waals surface area contributed by atoms with E-state index in [1.165, 1.54) is 0 Å². The molecule has 0 aromatic heterocycles. The molecule has 3 rings (SSSR count). The SMILES string of the molecule is CC(=O)N[C@H]1[C@H]([C@H](O)[C@H](O)CO)O[C@](OC[C@H]2O[C@@H](O[C@H]3[C@H](O)[C@@H](O)[C@H](O)O[C@@H]3CO)[C@H](O)[C@@H](O)[C@H]2O)(C(=O)O)C[C@@H]1O. The minimum atomic E-state index is -2.83. The Morgan fingerprint density at radius 3 is 2.14 bits per heavy atom. The molecule has 43 heavy (non-hydrogen) atoms. The lowest BCUT2D eigenvalue weighted by Gasteiger charge is -2.48. The molecule has 3 aliphatic heterocycles. The molecule has 20 heteroatoms. The fourth-order valence-corrected chi connectivity index (χ4v) is 5.05. The van der Waals surface area contributed by atoms with E-state index in [4.69, 9.17) is 23.7 Å². The lowest BCUT2D eigenvalue weighted by molar-refractivity contribution is -0.364. The molecule has 0 radical (unpaired) electrons. The van der Waals surface area contributed by atoms with Crippen molar-refractivity contribution in [2.24, 2.45) is 0 Å². The van der Waals surface area contributed by atoms with Gasteiger partial charge >= 0.3 is 5.97 Å². The third-order valence-corrected chi connectivity index (χ3v) is 7.47. The molecule has 0 aromatic carbocycles. The zero-order chi connectivity index (χ0) is 32.4. The Bertz CT molecular complexity index is 942. The van der Waals surface area contributed by atoms with Gasteiger partial charge in [0.05, 0.1) is 32.0 Å². The summed E-state index contributed by atoms with van der Waals surface area (Å²) < 4.78 is 26.7. The minimum absolute atomic E-state index is 0.719. The van der Waals surface area contributed by atoms with Crippen LogP contribution in [0.5, 0.6) is 0 Å². The van der Waals surface area contributed by atoms with Gasteiger partial charge in [-0.1, -0.05) is 0 Å². The van der Waals surface area contributed by atoms with E-state index in [1.807, 2.05) is 0 Å². The van der Waals surface area contributed by atoms with Crippen LogP contribution < -0.4 is 5.32 Å². The van der Waals surface area contributed by atoms with Crippen LogP contribution in [0.3, 0.4) is 0 Å². The second-order valence-electron chi connectivity index (χ2n) is 10.5. The Labute approximate surface area is 243 Å². The molecule has 3 saturated heterocycles. The summed E-state index contributed by atoms with van der Waals surface area (Å²) in [7, 11) is 0. The minimum Gasteiger partial charge on any atom is -0.477 e. The number of aliphatic hydroxyl groups is 11. The first kappa shape index (κ1) is 35.8. The highest BCUT2D eigenvalue weighted by Crippen LogP contribution is 2.35. The highest BCUT2D eigenvalue weighted by molar-refractivity contribution is 5.76. The normalized spacial score (nSPS) is 45.3. The maximum Gasteiger partial charge on any atom is 0.364 e. The van der Waals surface area contributed by atoms with Crippen molar-refractivity contribution in [3.05, 3.63) is 0 Å². The number of hydrogen-bond donors (Lipinski definition) is 13. The topological polar surface area (TPSA) is 335 Å². The van der Waals surface area contributed by atoms with Crippen molar-refractivity contribution >= 4 is 11.9 Å². The molecule has 3 aliphatic rings. The number of rotatable bonds is 11. The van der Waals surface area contributed by atoms with Crippen molar-refractivity contribution in [3.8, 4) is 0 Å². The number of nitrogens with one attached hydrogen (secondary N) is 1. The lowest BCUT2D eigenvalue weighted by Crippen LogP contribution is -2.68. The number of carbonyl (C=O) groups excluding carboxylic acids is 1. The van der Waals surface area contributed by atoms with Gasteiger partial charge in [-0.25, -0.2) is 4.79 Å². The average molecular weight is 634 g/mol. The molecule has 0 unspecified atom stereocenters. The number of aliphatic hydroxyl groups excluding tert-OH is 11. The van der Waals surface area contributed by atoms with Gasteiger partial charge in [-0.05, 0) is 0 Å². The third kappa shape index (κ3) is 7.58. The largest absolute Gasteiger partial charge is 0.477 e. The monoisotopic (exact) mass is 633 g/mol. The summed E-state index contributed by atoms with van der Waals surface area (Å²) in [5.41, 5.74) is 0. The van der Waals surface area contributed by atoms with Crippen LogP contribution in [0.15, 0.2) is 0 Å².